The molecule has 3 N–H and O–H groups in total. The Morgan fingerprint density at radius 1 is 1.20 bits per heavy atom. The van der Waals surface area contributed by atoms with E-state index in [1.54, 1.807) is 14.2 Å². The van der Waals surface area contributed by atoms with E-state index in [1.807, 2.05) is 55.5 Å². The number of nitrogens with one attached hydrogen (secondary N) is 2. The fourth-order valence-electron chi connectivity index (χ4n) is 3.29. The molecule has 2 aromatic carbocycles. The van der Waals surface area contributed by atoms with Crippen LogP contribution in [0.4, 0.5) is 5.69 Å². The van der Waals surface area contributed by atoms with E-state index in [9.17, 15) is 9.90 Å². The first-order valence-electron chi connectivity index (χ1n) is 8.16. The lowest BCUT2D eigenvalue weighted by Gasteiger charge is -2.43. The van der Waals surface area contributed by atoms with E-state index in [0.29, 0.717) is 12.1 Å². The third-order valence-electron chi connectivity index (χ3n) is 4.75. The molecule has 1 heterocycles. The summed E-state index contributed by atoms with van der Waals surface area (Å²) in [7, 11) is 3.21. The summed E-state index contributed by atoms with van der Waals surface area (Å²) in [5.41, 5.74) is -0.223. The highest BCUT2D eigenvalue weighted by Gasteiger charge is 2.57. The van der Waals surface area contributed by atoms with Crippen molar-refractivity contribution in [3.63, 3.8) is 0 Å². The van der Waals surface area contributed by atoms with Crippen molar-refractivity contribution in [3.8, 4) is 5.75 Å². The largest absolute Gasteiger partial charge is 0.497 e. The summed E-state index contributed by atoms with van der Waals surface area (Å²) in [6, 6.07) is 15.1. The van der Waals surface area contributed by atoms with E-state index < -0.39 is 16.4 Å². The maximum Gasteiger partial charge on any atom is 0.273 e. The summed E-state index contributed by atoms with van der Waals surface area (Å²) in [5.74, 6) is 0.261. The standard InChI is InChI=1S/C19H22N2O3S/c1-4-18(13-9-11-14(24-3)12-10-13)19(23,20-2)17(22)21-15-7-5-6-8-16(15)25-18/h5-12,20,23H,4H2,1-3H3,(H,21,22). The minimum absolute atomic E-state index is 0.467. The quantitative estimate of drug-likeness (QED) is 0.733. The molecule has 1 amide bonds. The second-order valence-electron chi connectivity index (χ2n) is 5.92. The number of ether oxygens (including phenoxy) is 1. The second kappa shape index (κ2) is 6.71. The molecule has 0 bridgehead atoms. The fourth-order valence-corrected chi connectivity index (χ4v) is 4.78. The van der Waals surface area contributed by atoms with Crippen LogP contribution in [0.25, 0.3) is 0 Å². The number of carbonyl (C=O) groups is 1. The zero-order valence-electron chi connectivity index (χ0n) is 14.5. The SMILES string of the molecule is CCC1(c2ccc(OC)cc2)Sc2ccccc2NC(=O)C1(O)NC. The minimum atomic E-state index is -1.78. The summed E-state index contributed by atoms with van der Waals surface area (Å²) in [6.45, 7) is 1.97. The van der Waals surface area contributed by atoms with E-state index >= 15 is 0 Å². The molecule has 132 valence electrons. The van der Waals surface area contributed by atoms with Gasteiger partial charge < -0.3 is 15.2 Å². The zero-order chi connectivity index (χ0) is 18.1. The summed E-state index contributed by atoms with van der Waals surface area (Å²) in [4.78, 5) is 13.9. The van der Waals surface area contributed by atoms with Crippen LogP contribution in [0.1, 0.15) is 18.9 Å². The van der Waals surface area contributed by atoms with Crippen molar-refractivity contribution in [2.75, 3.05) is 19.5 Å². The number of aliphatic hydroxyl groups is 1. The van der Waals surface area contributed by atoms with Crippen LogP contribution in [0.5, 0.6) is 5.75 Å². The second-order valence-corrected chi connectivity index (χ2v) is 7.26. The van der Waals surface area contributed by atoms with Crippen molar-refractivity contribution in [3.05, 3.63) is 54.1 Å². The Balaban J connectivity index is 2.23. The lowest BCUT2D eigenvalue weighted by atomic mass is 9.84. The van der Waals surface area contributed by atoms with Crippen LogP contribution in [0.2, 0.25) is 0 Å². The normalized spacial score (nSPS) is 25.7. The van der Waals surface area contributed by atoms with Crippen molar-refractivity contribution >= 4 is 23.4 Å². The number of carbonyl (C=O) groups excluding carboxylic acids is 1. The van der Waals surface area contributed by atoms with Gasteiger partial charge in [-0.15, -0.1) is 11.8 Å². The number of benzene rings is 2. The highest BCUT2D eigenvalue weighted by molar-refractivity contribution is 8.00. The van der Waals surface area contributed by atoms with Gasteiger partial charge in [0, 0.05) is 4.90 Å². The Morgan fingerprint density at radius 2 is 1.88 bits per heavy atom. The number of fused-ring (bicyclic) bond motifs is 1. The number of rotatable bonds is 4. The molecule has 5 nitrogen and oxygen atoms in total. The van der Waals surface area contributed by atoms with Crippen molar-refractivity contribution < 1.29 is 14.6 Å². The van der Waals surface area contributed by atoms with Crippen LogP contribution in [-0.4, -0.2) is 30.9 Å². The lowest BCUT2D eigenvalue weighted by Crippen LogP contribution is -2.64. The molecule has 0 saturated carbocycles. The molecular weight excluding hydrogens is 336 g/mol. The number of methoxy groups -OCH3 is 1. The van der Waals surface area contributed by atoms with Gasteiger partial charge in [0.2, 0.25) is 5.72 Å². The Bertz CT molecular complexity index is 780. The Kier molecular flexibility index (Phi) is 4.77. The highest BCUT2D eigenvalue weighted by atomic mass is 32.2. The molecule has 0 fully saturated rings. The number of hydrogen-bond donors (Lipinski definition) is 3. The molecule has 0 saturated heterocycles. The third kappa shape index (κ3) is 2.70. The summed E-state index contributed by atoms with van der Waals surface area (Å²) < 4.78 is 4.34. The van der Waals surface area contributed by atoms with Crippen LogP contribution in [-0.2, 0) is 9.54 Å². The van der Waals surface area contributed by atoms with E-state index in [1.165, 1.54) is 11.8 Å². The maximum absolute atomic E-state index is 12.9. The predicted octanol–water partition coefficient (Wildman–Crippen LogP) is 2.95. The minimum Gasteiger partial charge on any atom is -0.497 e. The first-order chi connectivity index (χ1) is 12.0. The first kappa shape index (κ1) is 17.8. The molecule has 0 aliphatic carbocycles. The average Bonchev–Trinajstić information content (AvgIpc) is 2.75. The Labute approximate surface area is 151 Å². The molecule has 6 heteroatoms. The van der Waals surface area contributed by atoms with Gasteiger partial charge in [0.05, 0.1) is 17.5 Å². The molecule has 2 unspecified atom stereocenters. The molecule has 2 aromatic rings. The van der Waals surface area contributed by atoms with E-state index in [0.717, 1.165) is 16.2 Å². The van der Waals surface area contributed by atoms with Crippen LogP contribution in [0.3, 0.4) is 0 Å². The topological polar surface area (TPSA) is 70.6 Å². The highest BCUT2D eigenvalue weighted by Crippen LogP contribution is 2.54. The molecule has 25 heavy (non-hydrogen) atoms. The third-order valence-corrected chi connectivity index (χ3v) is 6.49. The van der Waals surface area contributed by atoms with Crippen LogP contribution in [0, 0.1) is 0 Å². The smallest absolute Gasteiger partial charge is 0.273 e. The molecule has 0 aromatic heterocycles. The van der Waals surface area contributed by atoms with Gasteiger partial charge in [-0.05, 0) is 43.3 Å². The number of likely N-dealkylation sites (N-methyl/N-ethyl adjacent to an activating group) is 1. The van der Waals surface area contributed by atoms with Gasteiger partial charge in [0.15, 0.2) is 0 Å². The van der Waals surface area contributed by atoms with Gasteiger partial charge in [-0.25, -0.2) is 0 Å². The molecule has 1 aliphatic heterocycles. The van der Waals surface area contributed by atoms with E-state index in [-0.39, 0.29) is 0 Å². The molecule has 0 spiro atoms. The van der Waals surface area contributed by atoms with Gasteiger partial charge in [-0.2, -0.15) is 0 Å². The van der Waals surface area contributed by atoms with Crippen molar-refractivity contribution in [1.29, 1.82) is 0 Å². The summed E-state index contributed by atoms with van der Waals surface area (Å²) in [6.07, 6.45) is 0.545. The lowest BCUT2D eigenvalue weighted by molar-refractivity contribution is -0.142. The van der Waals surface area contributed by atoms with Crippen molar-refractivity contribution in [1.82, 2.24) is 5.32 Å². The van der Waals surface area contributed by atoms with Crippen LogP contribution < -0.4 is 15.4 Å². The van der Waals surface area contributed by atoms with Gasteiger partial charge in [-0.1, -0.05) is 31.2 Å². The van der Waals surface area contributed by atoms with Crippen LogP contribution >= 0.6 is 11.8 Å². The molecule has 1 aliphatic rings. The molecule has 3 rings (SSSR count). The van der Waals surface area contributed by atoms with Gasteiger partial charge in [0.25, 0.3) is 5.91 Å². The zero-order valence-corrected chi connectivity index (χ0v) is 15.3. The average molecular weight is 358 g/mol. The number of para-hydroxylation sites is 1. The molecule has 0 radical (unpaired) electrons. The maximum atomic E-state index is 12.9. The first-order valence-corrected chi connectivity index (χ1v) is 8.97. The van der Waals surface area contributed by atoms with Gasteiger partial charge in [0.1, 0.15) is 5.75 Å². The number of amides is 1. The number of anilines is 1. The number of thioether (sulfide) groups is 1. The van der Waals surface area contributed by atoms with E-state index in [4.69, 9.17) is 4.74 Å². The Hall–Kier alpha value is -2.02. The molecule has 2 atom stereocenters. The summed E-state index contributed by atoms with van der Waals surface area (Å²) >= 11 is 1.49. The number of hydrogen-bond acceptors (Lipinski definition) is 5. The fraction of sp³-hybridized carbons (Fsp3) is 0.316. The van der Waals surface area contributed by atoms with Gasteiger partial charge in [-0.3, -0.25) is 10.1 Å². The van der Waals surface area contributed by atoms with Crippen LogP contribution in [0.15, 0.2) is 53.4 Å². The summed E-state index contributed by atoms with van der Waals surface area (Å²) in [5, 5.41) is 17.1. The monoisotopic (exact) mass is 358 g/mol. The Morgan fingerprint density at radius 3 is 2.48 bits per heavy atom. The predicted molar refractivity (Wildman–Crippen MR) is 99.9 cm³/mol. The van der Waals surface area contributed by atoms with Crippen molar-refractivity contribution in [2.45, 2.75) is 28.7 Å². The van der Waals surface area contributed by atoms with Crippen molar-refractivity contribution in [2.24, 2.45) is 0 Å². The molecular formula is C19H22N2O3S. The van der Waals surface area contributed by atoms with E-state index in [2.05, 4.69) is 10.6 Å². The van der Waals surface area contributed by atoms with Gasteiger partial charge >= 0.3 is 0 Å².